The van der Waals surface area contributed by atoms with E-state index in [-0.39, 0.29) is 0 Å². The summed E-state index contributed by atoms with van der Waals surface area (Å²) in [6.45, 7) is 4.13. The molecule has 1 heteroatoms. The fourth-order valence-electron chi connectivity index (χ4n) is 1.66. The van der Waals surface area contributed by atoms with Crippen LogP contribution in [-0.2, 0) is 0 Å². The molecule has 0 spiro atoms. The number of rotatable bonds is 1. The highest BCUT2D eigenvalue weighted by Crippen LogP contribution is 2.27. The summed E-state index contributed by atoms with van der Waals surface area (Å²) in [5, 5.41) is 0.829. The fraction of sp³-hybridized carbons (Fsp3) is 0.143. The van der Waals surface area contributed by atoms with E-state index in [4.69, 9.17) is 11.6 Å². The summed E-state index contributed by atoms with van der Waals surface area (Å²) in [7, 11) is 0. The van der Waals surface area contributed by atoms with Gasteiger partial charge in [0.25, 0.3) is 0 Å². The molecule has 0 unspecified atom stereocenters. The van der Waals surface area contributed by atoms with E-state index in [1.54, 1.807) is 0 Å². The second-order valence-electron chi connectivity index (χ2n) is 3.78. The molecule has 0 fully saturated rings. The molecule has 0 saturated heterocycles. The van der Waals surface area contributed by atoms with Gasteiger partial charge in [0.05, 0.1) is 0 Å². The summed E-state index contributed by atoms with van der Waals surface area (Å²) in [6.07, 6.45) is 0. The Morgan fingerprint density at radius 3 is 2.27 bits per heavy atom. The highest BCUT2D eigenvalue weighted by Gasteiger charge is 2.02. The maximum atomic E-state index is 6.12. The number of halogens is 1. The van der Waals surface area contributed by atoms with Gasteiger partial charge in [-0.15, -0.1) is 0 Å². The second-order valence-corrected chi connectivity index (χ2v) is 4.19. The molecule has 0 bridgehead atoms. The van der Waals surface area contributed by atoms with Crippen LogP contribution in [0.2, 0.25) is 5.02 Å². The SMILES string of the molecule is Cc1ccc(-c2ccccc2C)cc1Cl. The van der Waals surface area contributed by atoms with Crippen LogP contribution in [-0.4, -0.2) is 0 Å². The van der Waals surface area contributed by atoms with Gasteiger partial charge in [0.1, 0.15) is 0 Å². The first-order valence-electron chi connectivity index (χ1n) is 5.00. The first kappa shape index (κ1) is 10.3. The third kappa shape index (κ3) is 2.05. The van der Waals surface area contributed by atoms with Gasteiger partial charge in [0.15, 0.2) is 0 Å². The van der Waals surface area contributed by atoms with Crippen LogP contribution >= 0.6 is 11.6 Å². The Hall–Kier alpha value is -1.27. The summed E-state index contributed by atoms with van der Waals surface area (Å²) in [5.74, 6) is 0. The van der Waals surface area contributed by atoms with Gasteiger partial charge in [-0.05, 0) is 42.2 Å². The molecule has 0 aromatic heterocycles. The van der Waals surface area contributed by atoms with Gasteiger partial charge in [-0.3, -0.25) is 0 Å². The lowest BCUT2D eigenvalue weighted by Crippen LogP contribution is -1.83. The highest BCUT2D eigenvalue weighted by atomic mass is 35.5. The minimum absolute atomic E-state index is 0.829. The van der Waals surface area contributed by atoms with E-state index < -0.39 is 0 Å². The molecular weight excluding hydrogens is 204 g/mol. The van der Waals surface area contributed by atoms with Crippen molar-refractivity contribution in [2.24, 2.45) is 0 Å². The topological polar surface area (TPSA) is 0 Å². The van der Waals surface area contributed by atoms with Crippen LogP contribution in [0.15, 0.2) is 42.5 Å². The minimum atomic E-state index is 0.829. The smallest absolute Gasteiger partial charge is 0.0441 e. The van der Waals surface area contributed by atoms with E-state index in [1.165, 1.54) is 16.7 Å². The molecule has 0 amide bonds. The molecule has 0 aliphatic rings. The van der Waals surface area contributed by atoms with Crippen molar-refractivity contribution in [1.29, 1.82) is 0 Å². The van der Waals surface area contributed by atoms with Gasteiger partial charge in [0, 0.05) is 5.02 Å². The summed E-state index contributed by atoms with van der Waals surface area (Å²) >= 11 is 6.12. The lowest BCUT2D eigenvalue weighted by atomic mass is 10.00. The number of hydrogen-bond donors (Lipinski definition) is 0. The predicted octanol–water partition coefficient (Wildman–Crippen LogP) is 4.62. The Labute approximate surface area is 95.5 Å². The normalized spacial score (nSPS) is 10.3. The van der Waals surface area contributed by atoms with Crippen molar-refractivity contribution in [3.63, 3.8) is 0 Å². The zero-order chi connectivity index (χ0) is 10.8. The fourth-order valence-corrected chi connectivity index (χ4v) is 1.84. The summed E-state index contributed by atoms with van der Waals surface area (Å²) in [4.78, 5) is 0. The van der Waals surface area contributed by atoms with Crippen molar-refractivity contribution in [2.75, 3.05) is 0 Å². The van der Waals surface area contributed by atoms with Gasteiger partial charge in [-0.2, -0.15) is 0 Å². The summed E-state index contributed by atoms with van der Waals surface area (Å²) in [5.41, 5.74) is 4.83. The van der Waals surface area contributed by atoms with Crippen molar-refractivity contribution in [2.45, 2.75) is 13.8 Å². The molecule has 15 heavy (non-hydrogen) atoms. The van der Waals surface area contributed by atoms with E-state index in [0.29, 0.717) is 0 Å². The molecule has 76 valence electrons. The average molecular weight is 217 g/mol. The van der Waals surface area contributed by atoms with E-state index in [9.17, 15) is 0 Å². The van der Waals surface area contributed by atoms with Crippen molar-refractivity contribution in [1.82, 2.24) is 0 Å². The Morgan fingerprint density at radius 1 is 0.867 bits per heavy atom. The molecule has 0 aliphatic heterocycles. The summed E-state index contributed by atoms with van der Waals surface area (Å²) in [6, 6.07) is 14.5. The third-order valence-corrected chi connectivity index (χ3v) is 3.04. The van der Waals surface area contributed by atoms with Crippen LogP contribution in [0, 0.1) is 13.8 Å². The molecular formula is C14H13Cl. The molecule has 2 aromatic carbocycles. The standard InChI is InChI=1S/C14H13Cl/c1-10-5-3-4-6-13(10)12-8-7-11(2)14(15)9-12/h3-9H,1-2H3. The molecule has 0 aliphatic carbocycles. The van der Waals surface area contributed by atoms with Crippen LogP contribution in [0.3, 0.4) is 0 Å². The van der Waals surface area contributed by atoms with Crippen LogP contribution in [0.25, 0.3) is 11.1 Å². The van der Waals surface area contributed by atoms with Crippen molar-refractivity contribution in [3.05, 3.63) is 58.6 Å². The first-order valence-corrected chi connectivity index (χ1v) is 5.38. The molecule has 0 nitrogen and oxygen atoms in total. The predicted molar refractivity (Wildman–Crippen MR) is 66.4 cm³/mol. The lowest BCUT2D eigenvalue weighted by Gasteiger charge is -2.07. The number of benzene rings is 2. The maximum absolute atomic E-state index is 6.12. The first-order chi connectivity index (χ1) is 7.18. The second kappa shape index (κ2) is 4.08. The zero-order valence-electron chi connectivity index (χ0n) is 8.92. The largest absolute Gasteiger partial charge is 0.0840 e. The van der Waals surface area contributed by atoms with Crippen molar-refractivity contribution in [3.8, 4) is 11.1 Å². The third-order valence-electron chi connectivity index (χ3n) is 2.63. The van der Waals surface area contributed by atoms with E-state index in [1.807, 2.05) is 13.0 Å². The molecule has 2 rings (SSSR count). The quantitative estimate of drug-likeness (QED) is 0.652. The molecule has 0 saturated carbocycles. The Morgan fingerprint density at radius 2 is 1.60 bits per heavy atom. The monoisotopic (exact) mass is 216 g/mol. The van der Waals surface area contributed by atoms with E-state index in [0.717, 1.165) is 10.6 Å². The van der Waals surface area contributed by atoms with Gasteiger partial charge in [0.2, 0.25) is 0 Å². The zero-order valence-corrected chi connectivity index (χ0v) is 9.68. The maximum Gasteiger partial charge on any atom is 0.0441 e. The minimum Gasteiger partial charge on any atom is -0.0840 e. The van der Waals surface area contributed by atoms with Crippen LogP contribution in [0.1, 0.15) is 11.1 Å². The van der Waals surface area contributed by atoms with Gasteiger partial charge >= 0.3 is 0 Å². The highest BCUT2D eigenvalue weighted by molar-refractivity contribution is 6.31. The molecule has 0 heterocycles. The summed E-state index contributed by atoms with van der Waals surface area (Å²) < 4.78 is 0. The van der Waals surface area contributed by atoms with Crippen LogP contribution < -0.4 is 0 Å². The molecule has 0 N–H and O–H groups in total. The molecule has 2 aromatic rings. The number of hydrogen-bond acceptors (Lipinski definition) is 0. The Balaban J connectivity index is 2.55. The number of aryl methyl sites for hydroxylation is 2. The van der Waals surface area contributed by atoms with E-state index >= 15 is 0 Å². The van der Waals surface area contributed by atoms with Crippen LogP contribution in [0.4, 0.5) is 0 Å². The molecule has 0 radical (unpaired) electrons. The van der Waals surface area contributed by atoms with E-state index in [2.05, 4.69) is 43.3 Å². The molecule has 0 atom stereocenters. The van der Waals surface area contributed by atoms with Crippen LogP contribution in [0.5, 0.6) is 0 Å². The van der Waals surface area contributed by atoms with Crippen molar-refractivity contribution < 1.29 is 0 Å². The Bertz CT molecular complexity index is 486. The Kier molecular flexibility index (Phi) is 2.79. The van der Waals surface area contributed by atoms with Gasteiger partial charge in [-0.1, -0.05) is 48.0 Å². The lowest BCUT2D eigenvalue weighted by molar-refractivity contribution is 1.43. The van der Waals surface area contributed by atoms with Crippen molar-refractivity contribution >= 4 is 11.6 Å². The van der Waals surface area contributed by atoms with Gasteiger partial charge in [-0.25, -0.2) is 0 Å². The average Bonchev–Trinajstić information content (AvgIpc) is 2.23. The van der Waals surface area contributed by atoms with Gasteiger partial charge < -0.3 is 0 Å².